The van der Waals surface area contributed by atoms with Crippen LogP contribution in [-0.2, 0) is 9.53 Å². The van der Waals surface area contributed by atoms with Gasteiger partial charge in [-0.1, -0.05) is 6.92 Å². The zero-order chi connectivity index (χ0) is 14.9. The summed E-state index contributed by atoms with van der Waals surface area (Å²) in [5.74, 6) is -1.55. The van der Waals surface area contributed by atoms with Crippen LogP contribution in [0.4, 0.5) is 5.69 Å². The maximum atomic E-state index is 12.3. The van der Waals surface area contributed by atoms with E-state index in [9.17, 15) is 9.59 Å². The van der Waals surface area contributed by atoms with Crippen LogP contribution in [0.5, 0.6) is 0 Å². The van der Waals surface area contributed by atoms with Crippen molar-refractivity contribution in [1.82, 2.24) is 4.98 Å². The molecule has 1 aliphatic rings. The van der Waals surface area contributed by atoms with Crippen molar-refractivity contribution in [2.75, 3.05) is 5.32 Å². The van der Waals surface area contributed by atoms with Gasteiger partial charge in [-0.3, -0.25) is 9.78 Å². The average molecular weight is 278 g/mol. The Labute approximate surface area is 117 Å². The zero-order valence-electron chi connectivity index (χ0n) is 11.7. The Balaban J connectivity index is 2.18. The molecule has 0 spiro atoms. The minimum absolute atomic E-state index is 0.00796. The van der Waals surface area contributed by atoms with Gasteiger partial charge >= 0.3 is 5.97 Å². The first kappa shape index (κ1) is 14.5. The molecule has 2 heterocycles. The molecule has 0 radical (unpaired) electrons. The van der Waals surface area contributed by atoms with Gasteiger partial charge in [0.15, 0.2) is 0 Å². The summed E-state index contributed by atoms with van der Waals surface area (Å²) in [5.41, 5.74) is 0.240. The lowest BCUT2D eigenvalue weighted by Crippen LogP contribution is -2.32. The van der Waals surface area contributed by atoms with Crippen molar-refractivity contribution in [2.45, 2.75) is 33.0 Å². The molecule has 1 amide bonds. The van der Waals surface area contributed by atoms with Crippen LogP contribution in [0.25, 0.3) is 0 Å². The molecule has 1 saturated heterocycles. The highest BCUT2D eigenvalue weighted by atomic mass is 16.5. The molecule has 0 aromatic carbocycles. The lowest BCUT2D eigenvalue weighted by Gasteiger charge is -2.18. The predicted octanol–water partition coefficient (Wildman–Crippen LogP) is 1.78. The molecule has 6 nitrogen and oxygen atoms in total. The van der Waals surface area contributed by atoms with Crippen molar-refractivity contribution in [1.29, 1.82) is 0 Å². The molecule has 1 fully saturated rings. The summed E-state index contributed by atoms with van der Waals surface area (Å²) >= 11 is 0. The fraction of sp³-hybridized carbons (Fsp3) is 0.500. The summed E-state index contributed by atoms with van der Waals surface area (Å²) in [6, 6.07) is 1.36. The first-order chi connectivity index (χ1) is 9.41. The Bertz CT molecular complexity index is 532. The molecular formula is C14H18N2O4. The van der Waals surface area contributed by atoms with Gasteiger partial charge in [-0.05, 0) is 25.8 Å². The molecule has 2 N–H and O–H groups in total. The summed E-state index contributed by atoms with van der Waals surface area (Å²) < 4.78 is 5.63. The van der Waals surface area contributed by atoms with Crippen LogP contribution in [0.2, 0.25) is 0 Å². The Kier molecular flexibility index (Phi) is 4.04. The van der Waals surface area contributed by atoms with Crippen molar-refractivity contribution in [3.63, 3.8) is 0 Å². The monoisotopic (exact) mass is 278 g/mol. The Morgan fingerprint density at radius 1 is 1.30 bits per heavy atom. The van der Waals surface area contributed by atoms with Gasteiger partial charge < -0.3 is 15.2 Å². The highest BCUT2D eigenvalue weighted by Crippen LogP contribution is 2.33. The highest BCUT2D eigenvalue weighted by molar-refractivity contribution is 6.01. The fourth-order valence-electron chi connectivity index (χ4n) is 2.62. The smallest absolute Gasteiger partial charge is 0.337 e. The third kappa shape index (κ3) is 2.65. The van der Waals surface area contributed by atoms with Crippen LogP contribution >= 0.6 is 0 Å². The molecule has 2 rings (SSSR count). The number of carbonyl (C=O) groups is 2. The molecule has 1 aliphatic heterocycles. The lowest BCUT2D eigenvalue weighted by molar-refractivity contribution is -0.121. The Morgan fingerprint density at radius 2 is 2.00 bits per heavy atom. The van der Waals surface area contributed by atoms with E-state index in [0.717, 1.165) is 0 Å². The topological polar surface area (TPSA) is 88.5 Å². The molecule has 0 bridgehead atoms. The molecule has 0 saturated carbocycles. The van der Waals surface area contributed by atoms with E-state index in [1.54, 1.807) is 0 Å². The number of pyridine rings is 1. The van der Waals surface area contributed by atoms with Crippen molar-refractivity contribution in [3.8, 4) is 0 Å². The average Bonchev–Trinajstić information content (AvgIpc) is 2.63. The molecule has 20 heavy (non-hydrogen) atoms. The number of ether oxygens (including phenoxy) is 1. The van der Waals surface area contributed by atoms with Gasteiger partial charge in [-0.2, -0.15) is 0 Å². The summed E-state index contributed by atoms with van der Waals surface area (Å²) in [6.07, 6.45) is 2.54. The van der Waals surface area contributed by atoms with Crippen LogP contribution in [0.15, 0.2) is 18.5 Å². The number of aromatic nitrogens is 1. The first-order valence-corrected chi connectivity index (χ1v) is 6.55. The van der Waals surface area contributed by atoms with Crippen LogP contribution in [0.1, 0.15) is 31.1 Å². The van der Waals surface area contributed by atoms with Gasteiger partial charge in [0, 0.05) is 6.20 Å². The molecule has 1 aromatic heterocycles. The van der Waals surface area contributed by atoms with Gasteiger partial charge in [0.1, 0.15) is 0 Å². The third-order valence-corrected chi connectivity index (χ3v) is 3.85. The van der Waals surface area contributed by atoms with Crippen LogP contribution in [-0.4, -0.2) is 34.2 Å². The predicted molar refractivity (Wildman–Crippen MR) is 72.5 cm³/mol. The molecule has 108 valence electrons. The normalized spacial score (nSPS) is 29.1. The Morgan fingerprint density at radius 3 is 2.55 bits per heavy atom. The standard InChI is InChI=1S/C14H18N2O4/c1-7-8(2)20-9(3)12(7)13(17)16-11-6-15-5-4-10(11)14(18)19/h4-9,12H,1-3H3,(H,16,17)(H,18,19). The number of anilines is 1. The minimum Gasteiger partial charge on any atom is -0.478 e. The zero-order valence-corrected chi connectivity index (χ0v) is 11.7. The molecular weight excluding hydrogens is 260 g/mol. The van der Waals surface area contributed by atoms with Crippen molar-refractivity contribution < 1.29 is 19.4 Å². The van der Waals surface area contributed by atoms with Gasteiger partial charge in [0.25, 0.3) is 0 Å². The molecule has 4 unspecified atom stereocenters. The number of hydrogen-bond acceptors (Lipinski definition) is 4. The number of carboxylic acid groups (broad SMARTS) is 1. The number of nitrogens with one attached hydrogen (secondary N) is 1. The van der Waals surface area contributed by atoms with E-state index >= 15 is 0 Å². The van der Waals surface area contributed by atoms with Gasteiger partial charge in [-0.25, -0.2) is 4.79 Å². The quantitative estimate of drug-likeness (QED) is 0.879. The maximum absolute atomic E-state index is 12.3. The van der Waals surface area contributed by atoms with E-state index < -0.39 is 5.97 Å². The van der Waals surface area contributed by atoms with Gasteiger partial charge in [-0.15, -0.1) is 0 Å². The number of hydrogen-bond donors (Lipinski definition) is 2. The second kappa shape index (κ2) is 5.58. The molecule has 4 atom stereocenters. The van der Waals surface area contributed by atoms with Crippen molar-refractivity contribution in [2.24, 2.45) is 11.8 Å². The summed E-state index contributed by atoms with van der Waals surface area (Å²) in [7, 11) is 0. The van der Waals surface area contributed by atoms with E-state index in [1.165, 1.54) is 18.5 Å². The SMILES string of the molecule is CC1OC(C)C(C(=O)Nc2cnccc2C(=O)O)C1C. The number of rotatable bonds is 3. The van der Waals surface area contributed by atoms with Crippen LogP contribution < -0.4 is 5.32 Å². The number of carboxylic acids is 1. The maximum Gasteiger partial charge on any atom is 0.337 e. The minimum atomic E-state index is -1.10. The van der Waals surface area contributed by atoms with Gasteiger partial charge in [0.2, 0.25) is 5.91 Å². The fourth-order valence-corrected chi connectivity index (χ4v) is 2.62. The summed E-state index contributed by atoms with van der Waals surface area (Å²) in [4.78, 5) is 27.3. The summed E-state index contributed by atoms with van der Waals surface area (Å²) in [5, 5.41) is 11.7. The third-order valence-electron chi connectivity index (χ3n) is 3.85. The van der Waals surface area contributed by atoms with Crippen molar-refractivity contribution >= 4 is 17.6 Å². The van der Waals surface area contributed by atoms with E-state index in [0.29, 0.717) is 0 Å². The second-order valence-corrected chi connectivity index (χ2v) is 5.15. The summed E-state index contributed by atoms with van der Waals surface area (Å²) in [6.45, 7) is 5.74. The van der Waals surface area contributed by atoms with E-state index in [4.69, 9.17) is 9.84 Å². The first-order valence-electron chi connectivity index (χ1n) is 6.55. The lowest BCUT2D eigenvalue weighted by atomic mass is 9.89. The molecule has 1 aromatic rings. The highest BCUT2D eigenvalue weighted by Gasteiger charge is 2.41. The molecule has 0 aliphatic carbocycles. The molecule has 6 heteroatoms. The number of amides is 1. The van der Waals surface area contributed by atoms with Crippen LogP contribution in [0.3, 0.4) is 0 Å². The van der Waals surface area contributed by atoms with Gasteiger partial charge in [0.05, 0.1) is 35.6 Å². The number of carbonyl (C=O) groups excluding carboxylic acids is 1. The van der Waals surface area contributed by atoms with E-state index in [2.05, 4.69) is 10.3 Å². The number of aromatic carboxylic acids is 1. The van der Waals surface area contributed by atoms with E-state index in [1.807, 2.05) is 20.8 Å². The Hall–Kier alpha value is -1.95. The van der Waals surface area contributed by atoms with E-state index in [-0.39, 0.29) is 41.2 Å². The second-order valence-electron chi connectivity index (χ2n) is 5.15. The number of nitrogens with zero attached hydrogens (tertiary/aromatic N) is 1. The van der Waals surface area contributed by atoms with Crippen LogP contribution in [0, 0.1) is 11.8 Å². The largest absolute Gasteiger partial charge is 0.478 e. The van der Waals surface area contributed by atoms with Crippen molar-refractivity contribution in [3.05, 3.63) is 24.0 Å².